The van der Waals surface area contributed by atoms with Crippen molar-refractivity contribution in [3.8, 4) is 5.69 Å². The number of esters is 1. The molecule has 0 saturated heterocycles. The van der Waals surface area contributed by atoms with Gasteiger partial charge < -0.3 is 10.1 Å². The number of aromatic nitrogens is 3. The first-order valence-corrected chi connectivity index (χ1v) is 7.09. The molecule has 0 fully saturated rings. The molecule has 0 atom stereocenters. The molecular formula is C15H15ClN4O3. The van der Waals surface area contributed by atoms with Gasteiger partial charge in [0.15, 0.2) is 6.61 Å². The molecule has 1 amide bonds. The fraction of sp³-hybridized carbons (Fsp3) is 0.200. The number of amides is 1. The van der Waals surface area contributed by atoms with E-state index in [1.165, 1.54) is 23.4 Å². The number of nitrogens with one attached hydrogen (secondary N) is 1. The Kier molecular flexibility index (Phi) is 5.48. The Bertz CT molecular complexity index is 737. The fourth-order valence-corrected chi connectivity index (χ4v) is 1.91. The smallest absolute Gasteiger partial charge is 0.331 e. The van der Waals surface area contributed by atoms with E-state index in [4.69, 9.17) is 16.3 Å². The lowest BCUT2D eigenvalue weighted by Crippen LogP contribution is -2.21. The summed E-state index contributed by atoms with van der Waals surface area (Å²) in [5.41, 5.74) is 1.82. The minimum absolute atomic E-state index is 0.397. The van der Waals surface area contributed by atoms with Crippen LogP contribution in [-0.4, -0.2) is 33.2 Å². The molecule has 2 aromatic rings. The number of allylic oxidation sites excluding steroid dienone is 1. The molecule has 1 aromatic carbocycles. The molecule has 0 unspecified atom stereocenters. The molecule has 7 nitrogen and oxygen atoms in total. The standard InChI is InChI=1S/C15H15ClN4O3/c1-10(2)5-15(22)23-7-14(21)19-12-6-11(16)3-4-13(12)20-9-17-8-18-20/h3-6,8-9H,7H2,1-2H3,(H,19,21). The molecule has 0 spiro atoms. The predicted octanol–water partition coefficient (Wildman–Crippen LogP) is 2.37. The Morgan fingerprint density at radius 3 is 2.83 bits per heavy atom. The van der Waals surface area contributed by atoms with Gasteiger partial charge in [-0.3, -0.25) is 4.79 Å². The van der Waals surface area contributed by atoms with Crippen molar-refractivity contribution in [2.45, 2.75) is 13.8 Å². The number of benzene rings is 1. The quantitative estimate of drug-likeness (QED) is 0.670. The number of carbonyl (C=O) groups is 2. The van der Waals surface area contributed by atoms with Gasteiger partial charge in [0.05, 0.1) is 11.4 Å². The van der Waals surface area contributed by atoms with E-state index in [1.54, 1.807) is 32.0 Å². The fourth-order valence-electron chi connectivity index (χ4n) is 1.74. The van der Waals surface area contributed by atoms with Gasteiger partial charge in [0, 0.05) is 11.1 Å². The van der Waals surface area contributed by atoms with Gasteiger partial charge in [-0.05, 0) is 32.0 Å². The van der Waals surface area contributed by atoms with Gasteiger partial charge in [-0.1, -0.05) is 17.2 Å². The second-order valence-corrected chi connectivity index (χ2v) is 5.32. The molecule has 8 heteroatoms. The molecule has 0 saturated carbocycles. The number of ether oxygens (including phenoxy) is 1. The highest BCUT2D eigenvalue weighted by molar-refractivity contribution is 6.31. The van der Waals surface area contributed by atoms with Crippen LogP contribution in [0.5, 0.6) is 0 Å². The maximum absolute atomic E-state index is 11.9. The zero-order valence-electron chi connectivity index (χ0n) is 12.6. The first kappa shape index (κ1) is 16.7. The third kappa shape index (κ3) is 4.93. The van der Waals surface area contributed by atoms with E-state index in [-0.39, 0.29) is 0 Å². The summed E-state index contributed by atoms with van der Waals surface area (Å²) >= 11 is 5.96. The predicted molar refractivity (Wildman–Crippen MR) is 85.4 cm³/mol. The van der Waals surface area contributed by atoms with Gasteiger partial charge in [-0.15, -0.1) is 0 Å². The van der Waals surface area contributed by atoms with E-state index in [1.807, 2.05) is 0 Å². The normalized spacial score (nSPS) is 10.0. The monoisotopic (exact) mass is 334 g/mol. The second-order valence-electron chi connectivity index (χ2n) is 4.88. The van der Waals surface area contributed by atoms with Gasteiger partial charge in [-0.25, -0.2) is 14.5 Å². The van der Waals surface area contributed by atoms with Crippen LogP contribution in [0.1, 0.15) is 13.8 Å². The van der Waals surface area contributed by atoms with Gasteiger partial charge in [-0.2, -0.15) is 5.10 Å². The van der Waals surface area contributed by atoms with Crippen molar-refractivity contribution < 1.29 is 14.3 Å². The molecule has 0 bridgehead atoms. The van der Waals surface area contributed by atoms with Gasteiger partial charge in [0.1, 0.15) is 12.7 Å². The number of nitrogens with zero attached hydrogens (tertiary/aromatic N) is 3. The summed E-state index contributed by atoms with van der Waals surface area (Å²) in [7, 11) is 0. The van der Waals surface area contributed by atoms with E-state index >= 15 is 0 Å². The number of hydrogen-bond acceptors (Lipinski definition) is 5. The average molecular weight is 335 g/mol. The maximum Gasteiger partial charge on any atom is 0.331 e. The van der Waals surface area contributed by atoms with Crippen molar-refractivity contribution in [1.82, 2.24) is 14.8 Å². The van der Waals surface area contributed by atoms with Crippen LogP contribution in [0.4, 0.5) is 5.69 Å². The Labute approximate surface area is 137 Å². The van der Waals surface area contributed by atoms with Crippen LogP contribution < -0.4 is 5.32 Å². The topological polar surface area (TPSA) is 86.1 Å². The molecule has 1 aromatic heterocycles. The Hall–Kier alpha value is -2.67. The first-order chi connectivity index (χ1) is 11.0. The zero-order chi connectivity index (χ0) is 16.8. The minimum atomic E-state index is -0.567. The van der Waals surface area contributed by atoms with E-state index in [0.29, 0.717) is 16.4 Å². The van der Waals surface area contributed by atoms with Crippen molar-refractivity contribution in [3.63, 3.8) is 0 Å². The molecule has 120 valence electrons. The number of anilines is 1. The van der Waals surface area contributed by atoms with Crippen LogP contribution in [0.15, 0.2) is 42.5 Å². The summed E-state index contributed by atoms with van der Waals surface area (Å²) in [6, 6.07) is 4.94. The third-order valence-electron chi connectivity index (χ3n) is 2.65. The van der Waals surface area contributed by atoms with Gasteiger partial charge in [0.25, 0.3) is 5.91 Å². The van der Waals surface area contributed by atoms with Crippen molar-refractivity contribution in [2.24, 2.45) is 0 Å². The van der Waals surface area contributed by atoms with E-state index in [0.717, 1.165) is 5.57 Å². The zero-order valence-corrected chi connectivity index (χ0v) is 13.4. The molecular weight excluding hydrogens is 320 g/mol. The maximum atomic E-state index is 11.9. The summed E-state index contributed by atoms with van der Waals surface area (Å²) in [6.45, 7) is 3.13. The van der Waals surface area contributed by atoms with Crippen molar-refractivity contribution in [2.75, 3.05) is 11.9 Å². The van der Waals surface area contributed by atoms with Crippen LogP contribution in [0.3, 0.4) is 0 Å². The van der Waals surface area contributed by atoms with E-state index < -0.39 is 18.5 Å². The summed E-state index contributed by atoms with van der Waals surface area (Å²) < 4.78 is 6.34. The molecule has 0 aliphatic rings. The summed E-state index contributed by atoms with van der Waals surface area (Å²) in [5.74, 6) is -1.05. The van der Waals surface area contributed by atoms with Crippen LogP contribution in [0.25, 0.3) is 5.69 Å². The number of carbonyl (C=O) groups excluding carboxylic acids is 2. The highest BCUT2D eigenvalue weighted by Crippen LogP contribution is 2.23. The van der Waals surface area contributed by atoms with Crippen molar-refractivity contribution in [3.05, 3.63) is 47.5 Å². The summed E-state index contributed by atoms with van der Waals surface area (Å²) in [6.07, 6.45) is 4.18. The van der Waals surface area contributed by atoms with E-state index in [9.17, 15) is 9.59 Å². The largest absolute Gasteiger partial charge is 0.452 e. The van der Waals surface area contributed by atoms with Crippen LogP contribution in [0, 0.1) is 0 Å². The Balaban J connectivity index is 2.08. The van der Waals surface area contributed by atoms with Crippen molar-refractivity contribution in [1.29, 1.82) is 0 Å². The van der Waals surface area contributed by atoms with E-state index in [2.05, 4.69) is 15.4 Å². The van der Waals surface area contributed by atoms with Crippen LogP contribution in [-0.2, 0) is 14.3 Å². The Morgan fingerprint density at radius 1 is 1.39 bits per heavy atom. The number of halogens is 1. The molecule has 0 aliphatic carbocycles. The highest BCUT2D eigenvalue weighted by Gasteiger charge is 2.11. The van der Waals surface area contributed by atoms with Crippen LogP contribution in [0.2, 0.25) is 5.02 Å². The molecule has 23 heavy (non-hydrogen) atoms. The molecule has 1 heterocycles. The molecule has 0 aliphatic heterocycles. The van der Waals surface area contributed by atoms with Crippen molar-refractivity contribution >= 4 is 29.2 Å². The third-order valence-corrected chi connectivity index (χ3v) is 2.89. The van der Waals surface area contributed by atoms with Gasteiger partial charge in [0.2, 0.25) is 0 Å². The SMILES string of the molecule is CC(C)=CC(=O)OCC(=O)Nc1cc(Cl)ccc1-n1cncn1. The highest BCUT2D eigenvalue weighted by atomic mass is 35.5. The first-order valence-electron chi connectivity index (χ1n) is 6.72. The summed E-state index contributed by atoms with van der Waals surface area (Å²) in [4.78, 5) is 27.2. The molecule has 0 radical (unpaired) electrons. The number of hydrogen-bond donors (Lipinski definition) is 1. The average Bonchev–Trinajstić information content (AvgIpc) is 2.98. The minimum Gasteiger partial charge on any atom is -0.452 e. The lowest BCUT2D eigenvalue weighted by Gasteiger charge is -2.11. The number of rotatable bonds is 5. The van der Waals surface area contributed by atoms with Gasteiger partial charge >= 0.3 is 5.97 Å². The molecule has 2 rings (SSSR count). The van der Waals surface area contributed by atoms with Crippen LogP contribution >= 0.6 is 11.6 Å². The lowest BCUT2D eigenvalue weighted by molar-refractivity contribution is -0.142. The summed E-state index contributed by atoms with van der Waals surface area (Å²) in [5, 5.41) is 7.10. The lowest BCUT2D eigenvalue weighted by atomic mass is 10.2. The second kappa shape index (κ2) is 7.55. The molecule has 1 N–H and O–H groups in total. The Morgan fingerprint density at radius 2 is 2.17 bits per heavy atom.